The van der Waals surface area contributed by atoms with E-state index in [2.05, 4.69) is 59.0 Å². The highest BCUT2D eigenvalue weighted by Gasteiger charge is 2.20. The lowest BCUT2D eigenvalue weighted by molar-refractivity contribution is 0.169. The number of aliphatic imine (C=N–C) groups is 1. The van der Waals surface area contributed by atoms with Crippen LogP contribution in [0.3, 0.4) is 0 Å². The summed E-state index contributed by atoms with van der Waals surface area (Å²) in [6, 6.07) is 4.38. The molecular weight excluding hydrogens is 509 g/mol. The number of aryl methyl sites for hydroxylation is 2. The van der Waals surface area contributed by atoms with Gasteiger partial charge in [-0.3, -0.25) is 4.90 Å². The standard InChI is InChI=1S/C22H35N5OS.HI/c1-4-20-19(21(5-2)28-26-20)14-25-22(23-6-3)24-13-17-9-7-11-27(15-17)16-18-10-8-12-29-18;/h8,10,12,17H,4-7,9,11,13-16H2,1-3H3,(H2,23,24,25);1H. The normalized spacial score (nSPS) is 17.6. The van der Waals surface area contributed by atoms with Gasteiger partial charge < -0.3 is 15.2 Å². The third-order valence-corrected chi connectivity index (χ3v) is 6.33. The molecule has 0 spiro atoms. The number of halogens is 1. The van der Waals surface area contributed by atoms with Crippen LogP contribution in [0.2, 0.25) is 0 Å². The first-order valence-electron chi connectivity index (χ1n) is 11.0. The van der Waals surface area contributed by atoms with Crippen molar-refractivity contribution in [1.29, 1.82) is 0 Å². The van der Waals surface area contributed by atoms with Crippen molar-refractivity contribution in [2.75, 3.05) is 26.2 Å². The second kappa shape index (κ2) is 13.3. The molecule has 2 aromatic rings. The van der Waals surface area contributed by atoms with Gasteiger partial charge >= 0.3 is 0 Å². The van der Waals surface area contributed by atoms with Crippen LogP contribution in [0, 0.1) is 5.92 Å². The highest BCUT2D eigenvalue weighted by atomic mass is 127. The average Bonchev–Trinajstić information content (AvgIpc) is 3.39. The fraction of sp³-hybridized carbons (Fsp3) is 0.636. The van der Waals surface area contributed by atoms with Crippen molar-refractivity contribution in [1.82, 2.24) is 20.7 Å². The molecule has 0 radical (unpaired) electrons. The molecule has 168 valence electrons. The summed E-state index contributed by atoms with van der Waals surface area (Å²) in [7, 11) is 0. The maximum atomic E-state index is 5.47. The minimum absolute atomic E-state index is 0. The molecule has 6 nitrogen and oxygen atoms in total. The highest BCUT2D eigenvalue weighted by molar-refractivity contribution is 14.0. The number of rotatable bonds is 9. The number of thiophene rings is 1. The van der Waals surface area contributed by atoms with Crippen LogP contribution in [0.15, 0.2) is 27.0 Å². The number of nitrogens with one attached hydrogen (secondary N) is 2. The molecule has 2 aromatic heterocycles. The van der Waals surface area contributed by atoms with Gasteiger partial charge in [0.05, 0.1) is 12.2 Å². The largest absolute Gasteiger partial charge is 0.361 e. The lowest BCUT2D eigenvalue weighted by Gasteiger charge is -2.32. The van der Waals surface area contributed by atoms with Gasteiger partial charge in [0.1, 0.15) is 5.76 Å². The van der Waals surface area contributed by atoms with Gasteiger partial charge in [-0.2, -0.15) is 0 Å². The van der Waals surface area contributed by atoms with Crippen LogP contribution < -0.4 is 10.6 Å². The lowest BCUT2D eigenvalue weighted by atomic mass is 9.98. The Hall–Kier alpha value is -1.13. The van der Waals surface area contributed by atoms with Crippen LogP contribution >= 0.6 is 35.3 Å². The van der Waals surface area contributed by atoms with Crippen LogP contribution in [0.25, 0.3) is 0 Å². The van der Waals surface area contributed by atoms with Crippen LogP contribution in [-0.2, 0) is 25.9 Å². The Morgan fingerprint density at radius 2 is 2.17 bits per heavy atom. The molecule has 0 amide bonds. The summed E-state index contributed by atoms with van der Waals surface area (Å²) in [5.74, 6) is 2.49. The average molecular weight is 546 g/mol. The van der Waals surface area contributed by atoms with Gasteiger partial charge in [0.25, 0.3) is 0 Å². The molecule has 2 N–H and O–H groups in total. The van der Waals surface area contributed by atoms with Crippen LogP contribution in [0.1, 0.15) is 55.5 Å². The van der Waals surface area contributed by atoms with E-state index in [1.54, 1.807) is 0 Å². The number of likely N-dealkylation sites (tertiary alicyclic amines) is 1. The number of aromatic nitrogens is 1. The van der Waals surface area contributed by atoms with E-state index in [-0.39, 0.29) is 24.0 Å². The summed E-state index contributed by atoms with van der Waals surface area (Å²) < 4.78 is 5.47. The maximum Gasteiger partial charge on any atom is 0.191 e. The number of hydrogen-bond donors (Lipinski definition) is 2. The number of piperidine rings is 1. The molecule has 1 saturated heterocycles. The van der Waals surface area contributed by atoms with E-state index in [9.17, 15) is 0 Å². The minimum atomic E-state index is 0. The Bertz CT molecular complexity index is 740. The van der Waals surface area contributed by atoms with E-state index in [0.717, 1.165) is 62.0 Å². The summed E-state index contributed by atoms with van der Waals surface area (Å²) in [4.78, 5) is 8.87. The Labute approximate surface area is 201 Å². The molecule has 1 aliphatic rings. The van der Waals surface area contributed by atoms with Crippen molar-refractivity contribution in [3.8, 4) is 0 Å². The van der Waals surface area contributed by atoms with Crippen molar-refractivity contribution in [3.05, 3.63) is 39.4 Å². The van der Waals surface area contributed by atoms with Gasteiger partial charge in [0, 0.05) is 43.0 Å². The van der Waals surface area contributed by atoms with Crippen molar-refractivity contribution in [2.24, 2.45) is 10.9 Å². The second-order valence-corrected chi connectivity index (χ2v) is 8.67. The molecular formula is C22H36IN5OS. The van der Waals surface area contributed by atoms with E-state index < -0.39 is 0 Å². The van der Waals surface area contributed by atoms with E-state index in [1.807, 2.05) is 11.3 Å². The highest BCUT2D eigenvalue weighted by Crippen LogP contribution is 2.20. The van der Waals surface area contributed by atoms with Crippen molar-refractivity contribution in [3.63, 3.8) is 0 Å². The zero-order valence-electron chi connectivity index (χ0n) is 18.4. The van der Waals surface area contributed by atoms with Gasteiger partial charge in [-0.1, -0.05) is 25.1 Å². The zero-order valence-corrected chi connectivity index (χ0v) is 21.6. The molecule has 0 saturated carbocycles. The first kappa shape index (κ1) is 25.1. The molecule has 3 rings (SSSR count). The molecule has 3 heterocycles. The van der Waals surface area contributed by atoms with Crippen LogP contribution in [-0.4, -0.2) is 42.2 Å². The first-order valence-corrected chi connectivity index (χ1v) is 11.8. The summed E-state index contributed by atoms with van der Waals surface area (Å²) >= 11 is 1.85. The Kier molecular flexibility index (Phi) is 11.2. The van der Waals surface area contributed by atoms with Gasteiger partial charge in [-0.25, -0.2) is 4.99 Å². The fourth-order valence-electron chi connectivity index (χ4n) is 3.94. The quantitative estimate of drug-likeness (QED) is 0.277. The zero-order chi connectivity index (χ0) is 20.5. The summed E-state index contributed by atoms with van der Waals surface area (Å²) in [6.45, 7) is 12.2. The summed E-state index contributed by atoms with van der Waals surface area (Å²) in [5.41, 5.74) is 2.17. The minimum Gasteiger partial charge on any atom is -0.361 e. The molecule has 0 bridgehead atoms. The maximum absolute atomic E-state index is 5.47. The van der Waals surface area contributed by atoms with Gasteiger partial charge in [-0.05, 0) is 50.1 Å². The Morgan fingerprint density at radius 1 is 1.30 bits per heavy atom. The molecule has 1 fully saturated rings. The first-order chi connectivity index (χ1) is 14.2. The van der Waals surface area contributed by atoms with Gasteiger partial charge in [-0.15, -0.1) is 35.3 Å². The molecule has 1 atom stereocenters. The molecule has 30 heavy (non-hydrogen) atoms. The number of nitrogens with zero attached hydrogens (tertiary/aromatic N) is 3. The molecule has 0 aliphatic carbocycles. The third kappa shape index (κ3) is 7.23. The topological polar surface area (TPSA) is 65.7 Å². The van der Waals surface area contributed by atoms with E-state index >= 15 is 0 Å². The number of hydrogen-bond acceptors (Lipinski definition) is 5. The Morgan fingerprint density at radius 3 is 2.87 bits per heavy atom. The SMILES string of the molecule is CCNC(=NCc1c(CC)noc1CC)NCC1CCCN(Cc2cccs2)C1.I. The van der Waals surface area contributed by atoms with Crippen molar-refractivity contribution >= 4 is 41.3 Å². The van der Waals surface area contributed by atoms with Gasteiger partial charge in [0.15, 0.2) is 5.96 Å². The van der Waals surface area contributed by atoms with E-state index in [1.165, 1.54) is 24.3 Å². The van der Waals surface area contributed by atoms with Crippen LogP contribution in [0.5, 0.6) is 0 Å². The number of guanidine groups is 1. The predicted octanol–water partition coefficient (Wildman–Crippen LogP) is 4.45. The van der Waals surface area contributed by atoms with Crippen molar-refractivity contribution in [2.45, 2.75) is 59.5 Å². The molecule has 8 heteroatoms. The molecule has 1 unspecified atom stereocenters. The third-order valence-electron chi connectivity index (χ3n) is 5.47. The summed E-state index contributed by atoms with van der Waals surface area (Å²) in [5, 5.41) is 13.3. The van der Waals surface area contributed by atoms with E-state index in [4.69, 9.17) is 9.52 Å². The van der Waals surface area contributed by atoms with Crippen LogP contribution in [0.4, 0.5) is 0 Å². The monoisotopic (exact) mass is 545 g/mol. The second-order valence-electron chi connectivity index (χ2n) is 7.64. The predicted molar refractivity (Wildman–Crippen MR) is 136 cm³/mol. The smallest absolute Gasteiger partial charge is 0.191 e. The lowest BCUT2D eigenvalue weighted by Crippen LogP contribution is -2.44. The molecule has 0 aromatic carbocycles. The summed E-state index contributed by atoms with van der Waals surface area (Å²) in [6.07, 6.45) is 4.27. The van der Waals surface area contributed by atoms with E-state index in [0.29, 0.717) is 12.5 Å². The van der Waals surface area contributed by atoms with Gasteiger partial charge in [0.2, 0.25) is 0 Å². The fourth-order valence-corrected chi connectivity index (χ4v) is 4.69. The van der Waals surface area contributed by atoms with Crippen molar-refractivity contribution < 1.29 is 4.52 Å². The Balaban J connectivity index is 0.00000320. The molecule has 1 aliphatic heterocycles.